The van der Waals surface area contributed by atoms with Crippen molar-refractivity contribution in [1.29, 1.82) is 0 Å². The lowest BCUT2D eigenvalue weighted by Crippen LogP contribution is -2.17. The topological polar surface area (TPSA) is 38.2 Å². The Kier molecular flexibility index (Phi) is 3.69. The van der Waals surface area contributed by atoms with Crippen molar-refractivity contribution in [3.05, 3.63) is 54.9 Å². The number of hydrogen-bond donors (Lipinski definition) is 0. The molecule has 0 bridgehead atoms. The molecule has 0 spiro atoms. The highest BCUT2D eigenvalue weighted by atomic mass is 16.5. The molecule has 0 N–H and O–H groups in total. The van der Waals surface area contributed by atoms with E-state index in [0.29, 0.717) is 5.88 Å². The molecule has 2 aromatic carbocycles. The second kappa shape index (κ2) is 5.79. The van der Waals surface area contributed by atoms with E-state index in [1.807, 2.05) is 48.3 Å². The third kappa shape index (κ3) is 2.94. The summed E-state index contributed by atoms with van der Waals surface area (Å²) in [7, 11) is 1.99. The Bertz CT molecular complexity index is 758. The summed E-state index contributed by atoms with van der Waals surface area (Å²) >= 11 is 0. The van der Waals surface area contributed by atoms with Crippen LogP contribution in [0.2, 0.25) is 0 Å². The van der Waals surface area contributed by atoms with Crippen molar-refractivity contribution >= 4 is 16.6 Å². The second-order valence-corrected chi connectivity index (χ2v) is 4.84. The Hall–Kier alpha value is -2.62. The third-order valence-corrected chi connectivity index (χ3v) is 3.44. The molecule has 0 aliphatic heterocycles. The van der Waals surface area contributed by atoms with Crippen molar-refractivity contribution in [2.45, 2.75) is 6.92 Å². The standard InChI is InChI=1S/C17H17N3O/c1-3-20(2)16-11-17(19-12-18-16)21-15-9-8-13-6-4-5-7-14(13)10-15/h4-12H,3H2,1-2H3. The Labute approximate surface area is 124 Å². The van der Waals surface area contributed by atoms with Gasteiger partial charge in [0.1, 0.15) is 17.9 Å². The van der Waals surface area contributed by atoms with Crippen LogP contribution in [0.25, 0.3) is 10.8 Å². The van der Waals surface area contributed by atoms with Crippen LogP contribution in [0.4, 0.5) is 5.82 Å². The largest absolute Gasteiger partial charge is 0.439 e. The second-order valence-electron chi connectivity index (χ2n) is 4.84. The van der Waals surface area contributed by atoms with Gasteiger partial charge in [-0.25, -0.2) is 9.97 Å². The number of fused-ring (bicyclic) bond motifs is 1. The Morgan fingerprint density at radius 2 is 1.81 bits per heavy atom. The smallest absolute Gasteiger partial charge is 0.224 e. The SMILES string of the molecule is CCN(C)c1cc(Oc2ccc3ccccc3c2)ncn1. The lowest BCUT2D eigenvalue weighted by Gasteiger charge is -2.15. The van der Waals surface area contributed by atoms with Gasteiger partial charge in [0.05, 0.1) is 0 Å². The van der Waals surface area contributed by atoms with Gasteiger partial charge in [-0.2, -0.15) is 0 Å². The highest BCUT2D eigenvalue weighted by Gasteiger charge is 2.05. The molecule has 0 amide bonds. The van der Waals surface area contributed by atoms with Crippen molar-refractivity contribution in [1.82, 2.24) is 9.97 Å². The van der Waals surface area contributed by atoms with Crippen LogP contribution < -0.4 is 9.64 Å². The molecule has 0 aliphatic rings. The molecule has 1 aromatic heterocycles. The van der Waals surface area contributed by atoms with Gasteiger partial charge in [0.25, 0.3) is 0 Å². The molecular weight excluding hydrogens is 262 g/mol. The fraction of sp³-hybridized carbons (Fsp3) is 0.176. The summed E-state index contributed by atoms with van der Waals surface area (Å²) in [6, 6.07) is 16.1. The molecule has 0 radical (unpaired) electrons. The van der Waals surface area contributed by atoms with E-state index in [0.717, 1.165) is 23.5 Å². The third-order valence-electron chi connectivity index (χ3n) is 3.44. The van der Waals surface area contributed by atoms with Crippen LogP contribution in [0, 0.1) is 0 Å². The predicted octanol–water partition coefficient (Wildman–Crippen LogP) is 3.88. The minimum Gasteiger partial charge on any atom is -0.439 e. The zero-order valence-electron chi connectivity index (χ0n) is 12.2. The fourth-order valence-corrected chi connectivity index (χ4v) is 2.11. The van der Waals surface area contributed by atoms with Gasteiger partial charge in [0.15, 0.2) is 0 Å². The molecule has 0 aliphatic carbocycles. The summed E-state index contributed by atoms with van der Waals surface area (Å²) in [6.45, 7) is 2.96. The summed E-state index contributed by atoms with van der Waals surface area (Å²) in [5, 5.41) is 2.34. The Morgan fingerprint density at radius 3 is 2.62 bits per heavy atom. The first kappa shape index (κ1) is 13.4. The molecule has 106 valence electrons. The zero-order valence-corrected chi connectivity index (χ0v) is 12.2. The van der Waals surface area contributed by atoms with E-state index in [4.69, 9.17) is 4.74 Å². The molecule has 1 heterocycles. The van der Waals surface area contributed by atoms with E-state index in [9.17, 15) is 0 Å². The van der Waals surface area contributed by atoms with E-state index in [1.165, 1.54) is 11.7 Å². The van der Waals surface area contributed by atoms with Crippen LogP contribution in [0.5, 0.6) is 11.6 Å². The minimum absolute atomic E-state index is 0.551. The van der Waals surface area contributed by atoms with Crippen molar-refractivity contribution in [3.8, 4) is 11.6 Å². The predicted molar refractivity (Wildman–Crippen MR) is 85.0 cm³/mol. The molecule has 4 heteroatoms. The maximum Gasteiger partial charge on any atom is 0.224 e. The molecule has 0 fully saturated rings. The van der Waals surface area contributed by atoms with Gasteiger partial charge in [-0.1, -0.05) is 30.3 Å². The van der Waals surface area contributed by atoms with E-state index < -0.39 is 0 Å². The van der Waals surface area contributed by atoms with Crippen molar-refractivity contribution < 1.29 is 4.74 Å². The summed E-state index contributed by atoms with van der Waals surface area (Å²) in [5.41, 5.74) is 0. The normalized spacial score (nSPS) is 10.6. The van der Waals surface area contributed by atoms with Crippen molar-refractivity contribution in [2.75, 3.05) is 18.5 Å². The van der Waals surface area contributed by atoms with E-state index in [2.05, 4.69) is 29.0 Å². The first-order valence-electron chi connectivity index (χ1n) is 6.96. The maximum absolute atomic E-state index is 5.84. The molecule has 21 heavy (non-hydrogen) atoms. The van der Waals surface area contributed by atoms with Crippen LogP contribution in [0.1, 0.15) is 6.92 Å². The average Bonchev–Trinajstić information content (AvgIpc) is 2.54. The van der Waals surface area contributed by atoms with Gasteiger partial charge in [0, 0.05) is 19.7 Å². The monoisotopic (exact) mass is 279 g/mol. The summed E-state index contributed by atoms with van der Waals surface area (Å²) in [5.74, 6) is 2.18. The Balaban J connectivity index is 1.87. The first-order chi connectivity index (χ1) is 10.3. The maximum atomic E-state index is 5.84. The molecule has 3 aromatic rings. The summed E-state index contributed by atoms with van der Waals surface area (Å²) in [4.78, 5) is 10.4. The Morgan fingerprint density at radius 1 is 1.00 bits per heavy atom. The highest BCUT2D eigenvalue weighted by molar-refractivity contribution is 5.83. The van der Waals surface area contributed by atoms with Crippen molar-refractivity contribution in [3.63, 3.8) is 0 Å². The number of hydrogen-bond acceptors (Lipinski definition) is 4. The lowest BCUT2D eigenvalue weighted by molar-refractivity contribution is 0.462. The fourth-order valence-electron chi connectivity index (χ4n) is 2.11. The highest BCUT2D eigenvalue weighted by Crippen LogP contribution is 2.25. The number of anilines is 1. The van der Waals surface area contributed by atoms with Crippen LogP contribution >= 0.6 is 0 Å². The van der Waals surface area contributed by atoms with Gasteiger partial charge >= 0.3 is 0 Å². The van der Waals surface area contributed by atoms with E-state index >= 15 is 0 Å². The van der Waals surface area contributed by atoms with Crippen LogP contribution in [0.15, 0.2) is 54.9 Å². The van der Waals surface area contributed by atoms with Crippen molar-refractivity contribution in [2.24, 2.45) is 0 Å². The number of aromatic nitrogens is 2. The zero-order chi connectivity index (χ0) is 14.7. The average molecular weight is 279 g/mol. The van der Waals surface area contributed by atoms with Gasteiger partial charge < -0.3 is 9.64 Å². The van der Waals surface area contributed by atoms with Gasteiger partial charge in [-0.05, 0) is 29.8 Å². The van der Waals surface area contributed by atoms with Crippen LogP contribution in [0.3, 0.4) is 0 Å². The molecule has 3 rings (SSSR count). The van der Waals surface area contributed by atoms with E-state index in [1.54, 1.807) is 0 Å². The number of rotatable bonds is 4. The van der Waals surface area contributed by atoms with Gasteiger partial charge in [-0.3, -0.25) is 0 Å². The first-order valence-corrected chi connectivity index (χ1v) is 6.96. The quantitative estimate of drug-likeness (QED) is 0.726. The lowest BCUT2D eigenvalue weighted by atomic mass is 10.1. The number of benzene rings is 2. The molecule has 0 saturated heterocycles. The summed E-state index contributed by atoms with van der Waals surface area (Å²) < 4.78 is 5.84. The number of nitrogens with zero attached hydrogens (tertiary/aromatic N) is 3. The van der Waals surface area contributed by atoms with Crippen LogP contribution in [-0.2, 0) is 0 Å². The van der Waals surface area contributed by atoms with Gasteiger partial charge in [-0.15, -0.1) is 0 Å². The van der Waals surface area contributed by atoms with Gasteiger partial charge in [0.2, 0.25) is 5.88 Å². The van der Waals surface area contributed by atoms with Crippen LogP contribution in [-0.4, -0.2) is 23.6 Å². The number of ether oxygens (including phenoxy) is 1. The molecule has 4 nitrogen and oxygen atoms in total. The summed E-state index contributed by atoms with van der Waals surface area (Å²) in [6.07, 6.45) is 1.53. The molecular formula is C17H17N3O. The molecule has 0 atom stereocenters. The minimum atomic E-state index is 0.551. The molecule has 0 unspecified atom stereocenters. The molecule has 0 saturated carbocycles. The van der Waals surface area contributed by atoms with E-state index in [-0.39, 0.29) is 0 Å².